The molecule has 2 aliphatic rings. The molecular weight excluding hydrogens is 358 g/mol. The molecule has 25 heavy (non-hydrogen) atoms. The zero-order valence-electron chi connectivity index (χ0n) is 14.4. The maximum atomic E-state index is 13.0. The number of thiazole rings is 1. The average Bonchev–Trinajstić information content (AvgIpc) is 3.06. The third-order valence-electron chi connectivity index (χ3n) is 5.41. The van der Waals surface area contributed by atoms with Crippen molar-refractivity contribution in [1.29, 1.82) is 0 Å². The fourth-order valence-corrected chi connectivity index (χ4v) is 6.38. The van der Waals surface area contributed by atoms with Crippen LogP contribution in [0.25, 0.3) is 10.2 Å². The van der Waals surface area contributed by atoms with E-state index in [1.165, 1.54) is 11.3 Å². The topological polar surface area (TPSA) is 70.6 Å². The van der Waals surface area contributed by atoms with E-state index in [-0.39, 0.29) is 11.3 Å². The Morgan fingerprint density at radius 3 is 2.60 bits per heavy atom. The number of piperidine rings is 1. The van der Waals surface area contributed by atoms with Crippen LogP contribution in [0, 0.1) is 12.3 Å². The van der Waals surface area contributed by atoms with Gasteiger partial charge in [0.1, 0.15) is 0 Å². The van der Waals surface area contributed by atoms with Gasteiger partial charge in [0.2, 0.25) is 15.9 Å². The molecule has 6 nitrogen and oxygen atoms in total. The van der Waals surface area contributed by atoms with E-state index in [0.717, 1.165) is 34.6 Å². The van der Waals surface area contributed by atoms with E-state index in [0.29, 0.717) is 24.4 Å². The minimum Gasteiger partial charge on any atom is -0.345 e. The molecular formula is C17H21N3O3S2. The number of hydrogen-bond acceptors (Lipinski definition) is 5. The van der Waals surface area contributed by atoms with Crippen LogP contribution in [0.3, 0.4) is 0 Å². The Bertz CT molecular complexity index is 943. The molecule has 2 aliphatic heterocycles. The van der Waals surface area contributed by atoms with Crippen LogP contribution in [0.5, 0.6) is 0 Å². The quantitative estimate of drug-likeness (QED) is 0.802. The van der Waals surface area contributed by atoms with E-state index in [1.54, 1.807) is 27.4 Å². The third-order valence-corrected chi connectivity index (χ3v) is 8.24. The summed E-state index contributed by atoms with van der Waals surface area (Å²) in [6, 6.07) is 5.16. The number of aromatic nitrogens is 1. The minimum atomic E-state index is -3.50. The van der Waals surface area contributed by atoms with Crippen LogP contribution in [-0.4, -0.2) is 55.2 Å². The maximum Gasteiger partial charge on any atom is 0.243 e. The van der Waals surface area contributed by atoms with Crippen molar-refractivity contribution in [3.63, 3.8) is 0 Å². The highest BCUT2D eigenvalue weighted by Gasteiger charge is 2.45. The number of carbonyl (C=O) groups is 1. The SMILES string of the molecule is Cc1nc2ccc(S(=O)(=O)N3CCC4(CC3)CC(=O)N(C)C4)cc2s1. The lowest BCUT2D eigenvalue weighted by molar-refractivity contribution is -0.126. The molecule has 134 valence electrons. The van der Waals surface area contributed by atoms with Gasteiger partial charge in [-0.1, -0.05) is 0 Å². The number of sulfonamides is 1. The van der Waals surface area contributed by atoms with Crippen molar-refractivity contribution in [2.24, 2.45) is 5.41 Å². The van der Waals surface area contributed by atoms with Crippen molar-refractivity contribution >= 4 is 37.5 Å². The summed E-state index contributed by atoms with van der Waals surface area (Å²) in [5.74, 6) is 0.169. The second-order valence-electron chi connectivity index (χ2n) is 7.19. The normalized spacial score (nSPS) is 21.5. The van der Waals surface area contributed by atoms with E-state index >= 15 is 0 Å². The second-order valence-corrected chi connectivity index (χ2v) is 10.4. The van der Waals surface area contributed by atoms with Crippen LogP contribution in [-0.2, 0) is 14.8 Å². The molecule has 2 aromatic rings. The smallest absolute Gasteiger partial charge is 0.243 e. The van der Waals surface area contributed by atoms with Gasteiger partial charge in [0.05, 0.1) is 20.1 Å². The number of likely N-dealkylation sites (tertiary alicyclic amines) is 1. The van der Waals surface area contributed by atoms with Gasteiger partial charge in [0, 0.05) is 33.1 Å². The number of carbonyl (C=O) groups excluding carboxylic acids is 1. The highest BCUT2D eigenvalue weighted by Crippen LogP contribution is 2.41. The minimum absolute atomic E-state index is 0.0450. The third kappa shape index (κ3) is 2.86. The molecule has 0 saturated carbocycles. The molecule has 1 aromatic carbocycles. The van der Waals surface area contributed by atoms with E-state index in [1.807, 2.05) is 14.0 Å². The van der Waals surface area contributed by atoms with Crippen molar-refractivity contribution in [1.82, 2.24) is 14.2 Å². The van der Waals surface area contributed by atoms with Crippen LogP contribution >= 0.6 is 11.3 Å². The van der Waals surface area contributed by atoms with Crippen molar-refractivity contribution < 1.29 is 13.2 Å². The van der Waals surface area contributed by atoms with Gasteiger partial charge < -0.3 is 4.90 Å². The van der Waals surface area contributed by atoms with Gasteiger partial charge in [-0.25, -0.2) is 13.4 Å². The van der Waals surface area contributed by atoms with Crippen molar-refractivity contribution in [2.75, 3.05) is 26.7 Å². The molecule has 1 spiro atoms. The summed E-state index contributed by atoms with van der Waals surface area (Å²) >= 11 is 1.51. The zero-order valence-corrected chi connectivity index (χ0v) is 16.0. The Hall–Kier alpha value is -1.51. The van der Waals surface area contributed by atoms with Crippen LogP contribution in [0.1, 0.15) is 24.3 Å². The largest absolute Gasteiger partial charge is 0.345 e. The number of benzene rings is 1. The fourth-order valence-electron chi connectivity index (χ4n) is 3.97. The van der Waals surface area contributed by atoms with Gasteiger partial charge >= 0.3 is 0 Å². The van der Waals surface area contributed by atoms with Gasteiger partial charge in [-0.2, -0.15) is 4.31 Å². The number of fused-ring (bicyclic) bond motifs is 1. The summed E-state index contributed by atoms with van der Waals surface area (Å²) in [6.45, 7) is 3.61. The molecule has 8 heteroatoms. The molecule has 0 aliphatic carbocycles. The number of hydrogen-bond donors (Lipinski definition) is 0. The highest BCUT2D eigenvalue weighted by molar-refractivity contribution is 7.89. The Balaban J connectivity index is 1.55. The zero-order chi connectivity index (χ0) is 17.8. The highest BCUT2D eigenvalue weighted by atomic mass is 32.2. The van der Waals surface area contributed by atoms with Crippen LogP contribution in [0.4, 0.5) is 0 Å². The maximum absolute atomic E-state index is 13.0. The first-order valence-corrected chi connectivity index (χ1v) is 10.7. The van der Waals surface area contributed by atoms with Gasteiger partial charge in [0.15, 0.2) is 0 Å². The van der Waals surface area contributed by atoms with E-state index < -0.39 is 10.0 Å². The molecule has 2 saturated heterocycles. The summed E-state index contributed by atoms with van der Waals surface area (Å²) in [6.07, 6.45) is 2.03. The fraction of sp³-hybridized carbons (Fsp3) is 0.529. The predicted molar refractivity (Wildman–Crippen MR) is 97.0 cm³/mol. The Labute approximate surface area is 151 Å². The van der Waals surface area contributed by atoms with E-state index in [9.17, 15) is 13.2 Å². The Kier molecular flexibility index (Phi) is 3.90. The summed E-state index contributed by atoms with van der Waals surface area (Å²) in [5.41, 5.74) is 0.794. The van der Waals surface area contributed by atoms with Crippen LogP contribution in [0.2, 0.25) is 0 Å². The number of rotatable bonds is 2. The summed E-state index contributed by atoms with van der Waals surface area (Å²) in [5, 5.41) is 0.930. The van der Waals surface area contributed by atoms with Gasteiger partial charge in [-0.05, 0) is 43.4 Å². The second kappa shape index (κ2) is 5.75. The molecule has 0 radical (unpaired) electrons. The molecule has 2 fully saturated rings. The molecule has 0 unspecified atom stereocenters. The first kappa shape index (κ1) is 16.9. The number of nitrogens with zero attached hydrogens (tertiary/aromatic N) is 3. The van der Waals surface area contributed by atoms with Gasteiger partial charge in [-0.15, -0.1) is 11.3 Å². The predicted octanol–water partition coefficient (Wildman–Crippen LogP) is 2.24. The molecule has 0 N–H and O–H groups in total. The van der Waals surface area contributed by atoms with E-state index in [4.69, 9.17) is 0 Å². The first-order valence-electron chi connectivity index (χ1n) is 8.40. The molecule has 0 atom stereocenters. The lowest BCUT2D eigenvalue weighted by Gasteiger charge is -2.37. The lowest BCUT2D eigenvalue weighted by atomic mass is 9.78. The number of amides is 1. The Morgan fingerprint density at radius 1 is 1.24 bits per heavy atom. The van der Waals surface area contributed by atoms with Crippen LogP contribution < -0.4 is 0 Å². The monoisotopic (exact) mass is 379 g/mol. The number of aryl methyl sites for hydroxylation is 1. The summed E-state index contributed by atoms with van der Waals surface area (Å²) in [4.78, 5) is 18.3. The molecule has 4 rings (SSSR count). The Morgan fingerprint density at radius 2 is 1.96 bits per heavy atom. The summed E-state index contributed by atoms with van der Waals surface area (Å²) in [7, 11) is -1.68. The van der Waals surface area contributed by atoms with Crippen molar-refractivity contribution in [3.05, 3.63) is 23.2 Å². The molecule has 1 amide bonds. The first-order chi connectivity index (χ1) is 11.8. The van der Waals surface area contributed by atoms with Gasteiger partial charge in [0.25, 0.3) is 0 Å². The molecule has 0 bridgehead atoms. The molecule has 1 aromatic heterocycles. The van der Waals surface area contributed by atoms with Gasteiger partial charge in [-0.3, -0.25) is 4.79 Å². The average molecular weight is 380 g/mol. The lowest BCUT2D eigenvalue weighted by Crippen LogP contribution is -2.44. The standard InChI is InChI=1S/C17H21N3O3S2/c1-12-18-14-4-3-13(9-15(14)24-12)25(22,23)20-7-5-17(6-8-20)10-16(21)19(2)11-17/h3-4,9H,5-8,10-11H2,1-2H3. The van der Waals surface area contributed by atoms with Crippen molar-refractivity contribution in [3.8, 4) is 0 Å². The summed E-state index contributed by atoms with van der Waals surface area (Å²) < 4.78 is 28.5. The molecule has 3 heterocycles. The van der Waals surface area contributed by atoms with E-state index in [2.05, 4.69) is 4.98 Å². The van der Waals surface area contributed by atoms with Crippen LogP contribution in [0.15, 0.2) is 23.1 Å². The van der Waals surface area contributed by atoms with Crippen molar-refractivity contribution in [2.45, 2.75) is 31.1 Å².